The fourth-order valence-corrected chi connectivity index (χ4v) is 1.93. The van der Waals surface area contributed by atoms with Gasteiger partial charge in [0.2, 0.25) is 0 Å². The Hall–Kier alpha value is -2.25. The number of hydrogen-bond donors (Lipinski definition) is 3. The number of carbonyl (C=O) groups excluding carboxylic acids is 2. The van der Waals surface area contributed by atoms with Crippen molar-refractivity contribution in [2.45, 2.75) is 45.4 Å². The zero-order chi connectivity index (χ0) is 17.3. The molecule has 0 amide bonds. The summed E-state index contributed by atoms with van der Waals surface area (Å²) in [5.41, 5.74) is 0. The predicted octanol–water partition coefficient (Wildman–Crippen LogP) is 0.971. The fourth-order valence-electron chi connectivity index (χ4n) is 1.93. The number of rotatable bonds is 12. The van der Waals surface area contributed by atoms with Gasteiger partial charge in [0.25, 0.3) is 0 Å². The Morgan fingerprint density at radius 1 is 0.773 bits per heavy atom. The molecule has 8 heteroatoms. The summed E-state index contributed by atoms with van der Waals surface area (Å²) in [7, 11) is 0. The average Bonchev–Trinajstić information content (AvgIpc) is 2.38. The summed E-state index contributed by atoms with van der Waals surface area (Å²) in [4.78, 5) is 55.1. The third-order valence-electron chi connectivity index (χ3n) is 3.20. The van der Waals surface area contributed by atoms with Crippen LogP contribution >= 0.6 is 0 Å². The maximum atomic E-state index is 11.8. The van der Waals surface area contributed by atoms with Crippen LogP contribution in [0.3, 0.4) is 0 Å². The van der Waals surface area contributed by atoms with Crippen LogP contribution in [0.15, 0.2) is 0 Å². The first-order valence-electron chi connectivity index (χ1n) is 6.82. The van der Waals surface area contributed by atoms with Gasteiger partial charge in [0.05, 0.1) is 11.8 Å². The lowest BCUT2D eigenvalue weighted by molar-refractivity contribution is -0.146. The molecule has 2 atom stereocenters. The summed E-state index contributed by atoms with van der Waals surface area (Å²) in [5, 5.41) is 26.5. The van der Waals surface area contributed by atoms with Crippen LogP contribution in [0.1, 0.15) is 45.4 Å². The van der Waals surface area contributed by atoms with E-state index < -0.39 is 41.9 Å². The zero-order valence-electron chi connectivity index (χ0n) is 12.3. The fraction of sp³-hybridized carbons (Fsp3) is 0.643. The highest BCUT2D eigenvalue weighted by Crippen LogP contribution is 2.18. The molecule has 124 valence electrons. The van der Waals surface area contributed by atoms with Crippen molar-refractivity contribution in [3.05, 3.63) is 0 Å². The molecule has 2 unspecified atom stereocenters. The van der Waals surface area contributed by atoms with E-state index in [1.165, 1.54) is 6.92 Å². The van der Waals surface area contributed by atoms with Gasteiger partial charge in [-0.25, -0.2) is 0 Å². The first kappa shape index (κ1) is 19.8. The van der Waals surface area contributed by atoms with Gasteiger partial charge in [0.1, 0.15) is 11.6 Å². The molecule has 0 saturated heterocycles. The molecule has 0 aliphatic heterocycles. The smallest absolute Gasteiger partial charge is 0.306 e. The molecule has 0 spiro atoms. The van der Waals surface area contributed by atoms with Gasteiger partial charge in [-0.1, -0.05) is 0 Å². The summed E-state index contributed by atoms with van der Waals surface area (Å²) in [5.74, 6) is -6.60. The summed E-state index contributed by atoms with van der Waals surface area (Å²) in [6, 6.07) is 0. The van der Waals surface area contributed by atoms with Crippen LogP contribution < -0.4 is 0 Å². The second kappa shape index (κ2) is 9.64. The van der Waals surface area contributed by atoms with Crippen LogP contribution in [0.25, 0.3) is 0 Å². The molecular weight excluding hydrogens is 296 g/mol. The van der Waals surface area contributed by atoms with E-state index in [0.717, 1.165) is 0 Å². The lowest BCUT2D eigenvalue weighted by atomic mass is 9.90. The Kier molecular flexibility index (Phi) is 8.66. The predicted molar refractivity (Wildman–Crippen MR) is 73.3 cm³/mol. The van der Waals surface area contributed by atoms with Gasteiger partial charge in [-0.05, 0) is 19.8 Å². The Balaban J connectivity index is 4.57. The number of aliphatic carboxylic acids is 3. The summed E-state index contributed by atoms with van der Waals surface area (Å²) in [6.45, 7) is 1.31. The van der Waals surface area contributed by atoms with Gasteiger partial charge in [0.15, 0.2) is 0 Å². The van der Waals surface area contributed by atoms with Gasteiger partial charge in [-0.3, -0.25) is 19.2 Å². The van der Waals surface area contributed by atoms with E-state index in [1.54, 1.807) is 0 Å². The van der Waals surface area contributed by atoms with Crippen LogP contribution in [0.5, 0.6) is 0 Å². The van der Waals surface area contributed by atoms with Crippen LogP contribution in [0.4, 0.5) is 0 Å². The molecule has 0 fully saturated rings. The van der Waals surface area contributed by atoms with E-state index in [0.29, 0.717) is 0 Å². The minimum Gasteiger partial charge on any atom is -0.481 e. The molecule has 0 aromatic heterocycles. The third-order valence-corrected chi connectivity index (χ3v) is 3.20. The van der Waals surface area contributed by atoms with Crippen molar-refractivity contribution >= 4 is 29.5 Å². The molecular formula is C14H20O8. The molecule has 0 aliphatic rings. The summed E-state index contributed by atoms with van der Waals surface area (Å²) >= 11 is 0. The van der Waals surface area contributed by atoms with Crippen molar-refractivity contribution in [3.8, 4) is 0 Å². The maximum absolute atomic E-state index is 11.8. The Labute approximate surface area is 127 Å². The first-order valence-corrected chi connectivity index (χ1v) is 6.82. The number of hydrogen-bond acceptors (Lipinski definition) is 5. The van der Waals surface area contributed by atoms with Gasteiger partial charge in [-0.2, -0.15) is 0 Å². The summed E-state index contributed by atoms with van der Waals surface area (Å²) in [6.07, 6.45) is -1.29. The Morgan fingerprint density at radius 3 is 1.50 bits per heavy atom. The maximum Gasteiger partial charge on any atom is 0.306 e. The van der Waals surface area contributed by atoms with Gasteiger partial charge < -0.3 is 20.1 Å². The molecule has 0 rings (SSSR count). The molecule has 0 aromatic carbocycles. The zero-order valence-corrected chi connectivity index (χ0v) is 12.3. The van der Waals surface area contributed by atoms with Crippen LogP contribution in [0.2, 0.25) is 0 Å². The monoisotopic (exact) mass is 316 g/mol. The quantitative estimate of drug-likeness (QED) is 0.482. The highest BCUT2D eigenvalue weighted by molar-refractivity contribution is 5.87. The standard InChI is InChI=1S/C14H20O8/c1-8(15)2-3-9(13(19)20)6-11(16)7-10(14(21)22)4-5-12(17)18/h9-10H,2-7H2,1H3,(H,17,18)(H,19,20)(H,21,22). The number of Topliss-reactive ketones (excluding diaryl/α,β-unsaturated/α-hetero) is 2. The topological polar surface area (TPSA) is 146 Å². The Morgan fingerprint density at radius 2 is 1.18 bits per heavy atom. The van der Waals surface area contributed by atoms with Gasteiger partial charge in [0, 0.05) is 25.7 Å². The van der Waals surface area contributed by atoms with E-state index >= 15 is 0 Å². The molecule has 0 aromatic rings. The van der Waals surface area contributed by atoms with E-state index in [2.05, 4.69) is 0 Å². The molecule has 0 radical (unpaired) electrons. The van der Waals surface area contributed by atoms with E-state index in [4.69, 9.17) is 15.3 Å². The normalized spacial score (nSPS) is 13.1. The molecule has 8 nitrogen and oxygen atoms in total. The minimum absolute atomic E-state index is 0.0171. The van der Waals surface area contributed by atoms with E-state index in [9.17, 15) is 24.0 Å². The van der Waals surface area contributed by atoms with Crippen LogP contribution in [0, 0.1) is 11.8 Å². The van der Waals surface area contributed by atoms with Crippen molar-refractivity contribution in [1.82, 2.24) is 0 Å². The third kappa shape index (κ3) is 8.83. The lowest BCUT2D eigenvalue weighted by Gasteiger charge is -2.13. The van der Waals surface area contributed by atoms with Crippen molar-refractivity contribution in [2.24, 2.45) is 11.8 Å². The average molecular weight is 316 g/mol. The molecule has 0 bridgehead atoms. The first-order chi connectivity index (χ1) is 10.1. The second-order valence-electron chi connectivity index (χ2n) is 5.19. The molecule has 0 saturated carbocycles. The number of carboxylic acid groups (broad SMARTS) is 3. The van der Waals surface area contributed by atoms with Crippen molar-refractivity contribution in [3.63, 3.8) is 0 Å². The molecule has 0 heterocycles. The Bertz CT molecular complexity index is 414. The highest BCUT2D eigenvalue weighted by atomic mass is 16.4. The van der Waals surface area contributed by atoms with Crippen molar-refractivity contribution in [2.75, 3.05) is 0 Å². The van der Waals surface area contributed by atoms with Gasteiger partial charge in [-0.15, -0.1) is 0 Å². The molecule has 3 N–H and O–H groups in total. The number of carbonyl (C=O) groups is 5. The van der Waals surface area contributed by atoms with E-state index in [-0.39, 0.29) is 37.9 Å². The number of carboxylic acids is 3. The second-order valence-corrected chi connectivity index (χ2v) is 5.19. The summed E-state index contributed by atoms with van der Waals surface area (Å²) < 4.78 is 0. The van der Waals surface area contributed by atoms with Crippen LogP contribution in [-0.4, -0.2) is 44.8 Å². The van der Waals surface area contributed by atoms with E-state index in [1.807, 2.05) is 0 Å². The largest absolute Gasteiger partial charge is 0.481 e. The lowest BCUT2D eigenvalue weighted by Crippen LogP contribution is -2.23. The number of ketones is 2. The SMILES string of the molecule is CC(=O)CCC(CC(=O)CC(CCC(=O)O)C(=O)O)C(=O)O. The van der Waals surface area contributed by atoms with Crippen molar-refractivity contribution < 1.29 is 39.3 Å². The molecule has 22 heavy (non-hydrogen) atoms. The van der Waals surface area contributed by atoms with Crippen molar-refractivity contribution in [1.29, 1.82) is 0 Å². The molecule has 0 aliphatic carbocycles. The van der Waals surface area contributed by atoms with Crippen LogP contribution in [-0.2, 0) is 24.0 Å². The highest BCUT2D eigenvalue weighted by Gasteiger charge is 2.26. The minimum atomic E-state index is -1.29. The van der Waals surface area contributed by atoms with Gasteiger partial charge >= 0.3 is 17.9 Å².